The van der Waals surface area contributed by atoms with E-state index in [0.29, 0.717) is 27.1 Å². The Hall–Kier alpha value is -3.08. The largest absolute Gasteiger partial charge is 0.425 e. The van der Waals surface area contributed by atoms with Crippen LogP contribution in [0.2, 0.25) is 0 Å². The van der Waals surface area contributed by atoms with Crippen molar-refractivity contribution in [2.45, 2.75) is 6.92 Å². The average Bonchev–Trinajstić information content (AvgIpc) is 2.51. The van der Waals surface area contributed by atoms with E-state index >= 15 is 0 Å². The third kappa shape index (κ3) is 2.33. The van der Waals surface area contributed by atoms with Crippen LogP contribution < -0.4 is 10.9 Å². The van der Waals surface area contributed by atoms with Gasteiger partial charge in [-0.1, -0.05) is 36.4 Å². The van der Waals surface area contributed by atoms with Gasteiger partial charge in [0.2, 0.25) is 5.91 Å². The molecule has 0 saturated heterocycles. The van der Waals surface area contributed by atoms with Crippen LogP contribution in [0.4, 0.5) is 5.69 Å². The molecule has 22 heavy (non-hydrogen) atoms. The van der Waals surface area contributed by atoms with E-state index in [-0.39, 0.29) is 5.91 Å². The van der Waals surface area contributed by atoms with Gasteiger partial charge in [-0.2, -0.15) is 0 Å². The number of fused-ring (bicyclic) bond motifs is 1. The first-order valence-electron chi connectivity index (χ1n) is 6.79. The highest BCUT2D eigenvalue weighted by Gasteiger charge is 2.13. The molecule has 0 fully saturated rings. The van der Waals surface area contributed by atoms with E-state index in [1.54, 1.807) is 42.5 Å². The number of aromatic nitrogens is 1. The minimum absolute atomic E-state index is 0.224. The van der Waals surface area contributed by atoms with E-state index in [4.69, 9.17) is 0 Å². The maximum absolute atomic E-state index is 12.4. The second-order valence-electron chi connectivity index (χ2n) is 4.96. The summed E-state index contributed by atoms with van der Waals surface area (Å²) < 4.78 is 0.634. The molecule has 110 valence electrons. The fourth-order valence-electron chi connectivity index (χ4n) is 2.45. The summed E-state index contributed by atoms with van der Waals surface area (Å²) in [7, 11) is 0. The molecule has 0 spiro atoms. The van der Waals surface area contributed by atoms with Crippen LogP contribution in [-0.2, 0) is 4.79 Å². The van der Waals surface area contributed by atoms with Gasteiger partial charge in [-0.3, -0.25) is 9.59 Å². The highest BCUT2D eigenvalue weighted by atomic mass is 16.5. The van der Waals surface area contributed by atoms with Crippen LogP contribution in [-0.4, -0.2) is 15.8 Å². The van der Waals surface area contributed by atoms with Gasteiger partial charge in [0.05, 0.1) is 11.1 Å². The van der Waals surface area contributed by atoms with E-state index in [1.165, 1.54) is 6.92 Å². The summed E-state index contributed by atoms with van der Waals surface area (Å²) in [6.45, 7) is 1.40. The maximum atomic E-state index is 12.4. The number of carbonyl (C=O) groups excluding carboxylic acids is 1. The molecule has 2 N–H and O–H groups in total. The SMILES string of the molecule is CC(=O)Nc1ccccc1-c1cc2ccccc2n(O)c1=O. The maximum Gasteiger partial charge on any atom is 0.291 e. The zero-order valence-corrected chi connectivity index (χ0v) is 11.9. The van der Waals surface area contributed by atoms with Gasteiger partial charge in [-0.05, 0) is 18.2 Å². The summed E-state index contributed by atoms with van der Waals surface area (Å²) in [6, 6.07) is 15.8. The molecular weight excluding hydrogens is 280 g/mol. The smallest absolute Gasteiger partial charge is 0.291 e. The van der Waals surface area contributed by atoms with Crippen molar-refractivity contribution >= 4 is 22.5 Å². The zero-order valence-electron chi connectivity index (χ0n) is 11.9. The Balaban J connectivity index is 2.30. The number of hydrogen-bond acceptors (Lipinski definition) is 3. The predicted octanol–water partition coefficient (Wildman–Crippen LogP) is 2.86. The van der Waals surface area contributed by atoms with Gasteiger partial charge < -0.3 is 10.5 Å². The summed E-state index contributed by atoms with van der Waals surface area (Å²) in [4.78, 5) is 23.7. The summed E-state index contributed by atoms with van der Waals surface area (Å²) >= 11 is 0. The fourth-order valence-corrected chi connectivity index (χ4v) is 2.45. The quantitative estimate of drug-likeness (QED) is 0.714. The monoisotopic (exact) mass is 294 g/mol. The first-order valence-corrected chi connectivity index (χ1v) is 6.79. The standard InChI is InChI=1S/C17H14N2O3/c1-11(20)18-15-8-4-3-7-13(15)14-10-12-6-2-5-9-16(12)19(22)17(14)21/h2-10,22H,1H3,(H,18,20). The zero-order chi connectivity index (χ0) is 15.7. The Morgan fingerprint density at radius 3 is 2.50 bits per heavy atom. The minimum atomic E-state index is -0.531. The van der Waals surface area contributed by atoms with Crippen molar-refractivity contribution < 1.29 is 10.0 Å². The molecule has 2 aromatic carbocycles. The van der Waals surface area contributed by atoms with Gasteiger partial charge in [0.15, 0.2) is 0 Å². The van der Waals surface area contributed by atoms with Crippen molar-refractivity contribution in [3.8, 4) is 11.1 Å². The van der Waals surface area contributed by atoms with Crippen LogP contribution in [0.25, 0.3) is 22.0 Å². The Morgan fingerprint density at radius 2 is 1.73 bits per heavy atom. The van der Waals surface area contributed by atoms with Gasteiger partial charge in [0, 0.05) is 23.6 Å². The molecule has 0 aliphatic carbocycles. The number of rotatable bonds is 2. The molecule has 5 heteroatoms. The predicted molar refractivity (Wildman–Crippen MR) is 85.1 cm³/mol. The summed E-state index contributed by atoms with van der Waals surface area (Å²) in [6.07, 6.45) is 0. The van der Waals surface area contributed by atoms with E-state index in [9.17, 15) is 14.8 Å². The Kier molecular flexibility index (Phi) is 3.39. The number of carbonyl (C=O) groups is 1. The molecule has 0 bridgehead atoms. The van der Waals surface area contributed by atoms with Crippen LogP contribution in [0, 0.1) is 0 Å². The molecule has 5 nitrogen and oxygen atoms in total. The molecule has 0 unspecified atom stereocenters. The van der Waals surface area contributed by atoms with Crippen molar-refractivity contribution in [1.29, 1.82) is 0 Å². The number of nitrogens with zero attached hydrogens (tertiary/aromatic N) is 1. The lowest BCUT2D eigenvalue weighted by Crippen LogP contribution is -2.20. The molecule has 0 aliphatic rings. The molecule has 3 aromatic rings. The second kappa shape index (κ2) is 5.37. The van der Waals surface area contributed by atoms with Gasteiger partial charge >= 0.3 is 0 Å². The van der Waals surface area contributed by atoms with E-state index < -0.39 is 5.56 Å². The summed E-state index contributed by atoms with van der Waals surface area (Å²) in [5.74, 6) is -0.224. The van der Waals surface area contributed by atoms with Crippen molar-refractivity contribution in [3.05, 3.63) is 65.0 Å². The van der Waals surface area contributed by atoms with Crippen LogP contribution >= 0.6 is 0 Å². The van der Waals surface area contributed by atoms with E-state index in [1.807, 2.05) is 12.1 Å². The lowest BCUT2D eigenvalue weighted by Gasteiger charge is -2.11. The third-order valence-electron chi connectivity index (χ3n) is 3.42. The highest BCUT2D eigenvalue weighted by molar-refractivity contribution is 5.95. The minimum Gasteiger partial charge on any atom is -0.425 e. The molecule has 0 atom stereocenters. The number of amides is 1. The first-order chi connectivity index (χ1) is 10.6. The number of para-hydroxylation sites is 2. The molecule has 1 amide bonds. The van der Waals surface area contributed by atoms with Crippen molar-refractivity contribution in [2.24, 2.45) is 0 Å². The normalized spacial score (nSPS) is 10.6. The summed E-state index contributed by atoms with van der Waals surface area (Å²) in [5, 5.41) is 13.5. The Labute approximate surface area is 126 Å². The molecule has 1 heterocycles. The molecule has 0 radical (unpaired) electrons. The number of hydrogen-bond donors (Lipinski definition) is 2. The first kappa shape index (κ1) is 13.9. The summed E-state index contributed by atoms with van der Waals surface area (Å²) in [5.41, 5.74) is 1.33. The van der Waals surface area contributed by atoms with E-state index in [0.717, 1.165) is 5.39 Å². The molecule has 0 saturated carbocycles. The van der Waals surface area contributed by atoms with Gasteiger partial charge in [0.25, 0.3) is 5.56 Å². The lowest BCUT2D eigenvalue weighted by molar-refractivity contribution is -0.114. The molecule has 0 aliphatic heterocycles. The fraction of sp³-hybridized carbons (Fsp3) is 0.0588. The van der Waals surface area contributed by atoms with Crippen molar-refractivity contribution in [2.75, 3.05) is 5.32 Å². The average molecular weight is 294 g/mol. The number of pyridine rings is 1. The van der Waals surface area contributed by atoms with Crippen molar-refractivity contribution in [3.63, 3.8) is 0 Å². The third-order valence-corrected chi connectivity index (χ3v) is 3.42. The van der Waals surface area contributed by atoms with Crippen LogP contribution in [0.1, 0.15) is 6.92 Å². The topological polar surface area (TPSA) is 71.3 Å². The molecule has 1 aromatic heterocycles. The van der Waals surface area contributed by atoms with E-state index in [2.05, 4.69) is 5.32 Å². The van der Waals surface area contributed by atoms with Crippen molar-refractivity contribution in [1.82, 2.24) is 4.73 Å². The van der Waals surface area contributed by atoms with Crippen LogP contribution in [0.5, 0.6) is 0 Å². The highest BCUT2D eigenvalue weighted by Crippen LogP contribution is 2.27. The molecular formula is C17H14N2O3. The van der Waals surface area contributed by atoms with Gasteiger partial charge in [-0.15, -0.1) is 4.73 Å². The van der Waals surface area contributed by atoms with Gasteiger partial charge in [-0.25, -0.2) is 0 Å². The second-order valence-corrected chi connectivity index (χ2v) is 4.96. The number of benzene rings is 2. The van der Waals surface area contributed by atoms with Crippen LogP contribution in [0.15, 0.2) is 59.4 Å². The van der Waals surface area contributed by atoms with Gasteiger partial charge in [0.1, 0.15) is 0 Å². The number of nitrogens with one attached hydrogen (secondary N) is 1. The molecule has 3 rings (SSSR count). The lowest BCUT2D eigenvalue weighted by atomic mass is 10.0. The van der Waals surface area contributed by atoms with Crippen LogP contribution in [0.3, 0.4) is 0 Å². The number of anilines is 1. The Morgan fingerprint density at radius 1 is 1.05 bits per heavy atom. The Bertz CT molecular complexity index is 929.